The Morgan fingerprint density at radius 2 is 1.73 bits per heavy atom. The van der Waals surface area contributed by atoms with E-state index in [1.807, 2.05) is 6.07 Å². The fourth-order valence-corrected chi connectivity index (χ4v) is 3.78. The lowest BCUT2D eigenvalue weighted by atomic mass is 9.94. The zero-order valence-corrected chi connectivity index (χ0v) is 17.3. The Labute approximate surface area is 188 Å². The second kappa shape index (κ2) is 8.48. The maximum Gasteiger partial charge on any atom is 0.300 e. The molecule has 1 aliphatic heterocycles. The molecule has 2 N–H and O–H groups in total. The van der Waals surface area contributed by atoms with Gasteiger partial charge in [0.15, 0.2) is 0 Å². The Bertz CT molecular complexity index is 1320. The van der Waals surface area contributed by atoms with Gasteiger partial charge in [-0.05, 0) is 60.2 Å². The molecule has 7 nitrogen and oxygen atoms in total. The standard InChI is InChI=1S/C25H17FN2O5/c1-33-20-11-6-16(26)12-19(20)23(30)21-22(15-4-9-18(29)10-5-15)28(25(32)24(21)31)17-7-2-14(13-27)3-8-17/h2-12,22,29-30H,1H3/b23-21+. The molecule has 0 radical (unpaired) electrons. The van der Waals surface area contributed by atoms with Gasteiger partial charge in [0.25, 0.3) is 11.7 Å². The molecule has 1 atom stereocenters. The minimum absolute atomic E-state index is 0.0270. The van der Waals surface area contributed by atoms with Crippen LogP contribution in [-0.4, -0.2) is 29.0 Å². The number of Topliss-reactive ketones (excluding diaryl/α,β-unsaturated/α-hetero) is 1. The third-order valence-electron chi connectivity index (χ3n) is 5.34. The van der Waals surface area contributed by atoms with Crippen LogP contribution >= 0.6 is 0 Å². The number of halogens is 1. The van der Waals surface area contributed by atoms with Crippen molar-refractivity contribution >= 4 is 23.1 Å². The fraction of sp³-hybridized carbons (Fsp3) is 0.0800. The van der Waals surface area contributed by atoms with Crippen molar-refractivity contribution in [3.05, 3.63) is 94.8 Å². The predicted octanol–water partition coefficient (Wildman–Crippen LogP) is 4.04. The van der Waals surface area contributed by atoms with Crippen LogP contribution in [0.5, 0.6) is 11.5 Å². The molecule has 8 heteroatoms. The van der Waals surface area contributed by atoms with Crippen molar-refractivity contribution in [2.24, 2.45) is 0 Å². The maximum atomic E-state index is 14.0. The molecule has 0 saturated carbocycles. The molecule has 1 unspecified atom stereocenters. The fourth-order valence-electron chi connectivity index (χ4n) is 3.78. The lowest BCUT2D eigenvalue weighted by molar-refractivity contribution is -0.132. The van der Waals surface area contributed by atoms with Crippen LogP contribution in [0.3, 0.4) is 0 Å². The summed E-state index contributed by atoms with van der Waals surface area (Å²) in [6.45, 7) is 0. The number of amides is 1. The number of nitrogens with zero attached hydrogens (tertiary/aromatic N) is 2. The molecule has 0 aromatic heterocycles. The third-order valence-corrected chi connectivity index (χ3v) is 5.34. The summed E-state index contributed by atoms with van der Waals surface area (Å²) in [4.78, 5) is 27.4. The summed E-state index contributed by atoms with van der Waals surface area (Å²) in [5.74, 6) is -3.06. The van der Waals surface area contributed by atoms with Gasteiger partial charge in [-0.3, -0.25) is 14.5 Å². The number of ether oxygens (including phenoxy) is 1. The first kappa shape index (κ1) is 21.6. The Kier molecular flexibility index (Phi) is 5.54. The van der Waals surface area contributed by atoms with Crippen LogP contribution in [0.4, 0.5) is 10.1 Å². The van der Waals surface area contributed by atoms with Crippen LogP contribution in [-0.2, 0) is 9.59 Å². The molecule has 4 rings (SSSR count). The topological polar surface area (TPSA) is 111 Å². The van der Waals surface area contributed by atoms with Crippen molar-refractivity contribution in [1.82, 2.24) is 0 Å². The van der Waals surface area contributed by atoms with Gasteiger partial charge in [-0.2, -0.15) is 5.26 Å². The van der Waals surface area contributed by atoms with Crippen molar-refractivity contribution in [2.45, 2.75) is 6.04 Å². The molecule has 3 aromatic carbocycles. The van der Waals surface area contributed by atoms with Gasteiger partial charge in [0.05, 0.1) is 35.9 Å². The Morgan fingerprint density at radius 3 is 2.33 bits per heavy atom. The summed E-state index contributed by atoms with van der Waals surface area (Å²) in [5.41, 5.74) is 0.756. The van der Waals surface area contributed by atoms with E-state index in [4.69, 9.17) is 10.00 Å². The zero-order valence-electron chi connectivity index (χ0n) is 17.3. The summed E-state index contributed by atoms with van der Waals surface area (Å²) in [7, 11) is 1.33. The molecule has 1 saturated heterocycles. The largest absolute Gasteiger partial charge is 0.508 e. The molecule has 0 aliphatic carbocycles. The second-order valence-corrected chi connectivity index (χ2v) is 7.26. The lowest BCUT2D eigenvalue weighted by Gasteiger charge is -2.25. The highest BCUT2D eigenvalue weighted by Crippen LogP contribution is 2.43. The maximum absolute atomic E-state index is 14.0. The minimum Gasteiger partial charge on any atom is -0.508 e. The number of carbonyl (C=O) groups excluding carboxylic acids is 2. The highest BCUT2D eigenvalue weighted by atomic mass is 19.1. The lowest BCUT2D eigenvalue weighted by Crippen LogP contribution is -2.29. The van der Waals surface area contributed by atoms with E-state index in [-0.39, 0.29) is 22.6 Å². The Balaban J connectivity index is 1.97. The number of hydrogen-bond donors (Lipinski definition) is 2. The van der Waals surface area contributed by atoms with E-state index in [0.29, 0.717) is 16.8 Å². The number of phenolic OH excluding ortho intramolecular Hbond substituents is 1. The molecule has 0 spiro atoms. The van der Waals surface area contributed by atoms with Gasteiger partial charge >= 0.3 is 0 Å². The van der Waals surface area contributed by atoms with E-state index in [1.54, 1.807) is 0 Å². The molecule has 33 heavy (non-hydrogen) atoms. The molecule has 1 amide bonds. The van der Waals surface area contributed by atoms with Gasteiger partial charge in [-0.25, -0.2) is 4.39 Å². The number of anilines is 1. The average molecular weight is 444 g/mol. The van der Waals surface area contributed by atoms with E-state index in [0.717, 1.165) is 12.1 Å². The van der Waals surface area contributed by atoms with Crippen LogP contribution < -0.4 is 9.64 Å². The Morgan fingerprint density at radius 1 is 1.06 bits per heavy atom. The number of benzene rings is 3. The molecule has 1 aliphatic rings. The summed E-state index contributed by atoms with van der Waals surface area (Å²) in [5, 5.41) is 29.9. The number of ketones is 1. The number of phenols is 1. The van der Waals surface area contributed by atoms with Crippen molar-refractivity contribution in [3.8, 4) is 17.6 Å². The minimum atomic E-state index is -1.08. The van der Waals surface area contributed by atoms with Gasteiger partial charge in [0, 0.05) is 5.69 Å². The van der Waals surface area contributed by atoms with Gasteiger partial charge in [-0.1, -0.05) is 12.1 Å². The first-order valence-corrected chi connectivity index (χ1v) is 9.79. The molecule has 3 aromatic rings. The van der Waals surface area contributed by atoms with E-state index in [2.05, 4.69) is 0 Å². The number of methoxy groups -OCH3 is 1. The molecular weight excluding hydrogens is 427 g/mol. The first-order valence-electron chi connectivity index (χ1n) is 9.79. The van der Waals surface area contributed by atoms with Crippen LogP contribution in [0.15, 0.2) is 72.3 Å². The van der Waals surface area contributed by atoms with E-state index in [1.165, 1.54) is 66.6 Å². The summed E-state index contributed by atoms with van der Waals surface area (Å²) >= 11 is 0. The van der Waals surface area contributed by atoms with Gasteiger partial charge in [-0.15, -0.1) is 0 Å². The SMILES string of the molecule is COc1ccc(F)cc1/C(O)=C1\C(=O)C(=O)N(c2ccc(C#N)cc2)C1c1ccc(O)cc1. The first-order chi connectivity index (χ1) is 15.8. The number of carbonyl (C=O) groups is 2. The zero-order chi connectivity index (χ0) is 23.7. The highest BCUT2D eigenvalue weighted by Gasteiger charge is 2.47. The summed E-state index contributed by atoms with van der Waals surface area (Å²) < 4.78 is 19.2. The molecule has 1 fully saturated rings. The number of rotatable bonds is 4. The summed E-state index contributed by atoms with van der Waals surface area (Å²) in [6, 6.07) is 16.2. The number of hydrogen-bond acceptors (Lipinski definition) is 6. The van der Waals surface area contributed by atoms with Gasteiger partial charge in [0.1, 0.15) is 23.1 Å². The predicted molar refractivity (Wildman–Crippen MR) is 117 cm³/mol. The monoisotopic (exact) mass is 444 g/mol. The molecule has 0 bridgehead atoms. The van der Waals surface area contributed by atoms with Crippen molar-refractivity contribution in [3.63, 3.8) is 0 Å². The molecular formula is C25H17FN2O5. The van der Waals surface area contributed by atoms with Gasteiger partial charge < -0.3 is 14.9 Å². The number of nitriles is 1. The number of aliphatic hydroxyl groups excluding tert-OH is 1. The third kappa shape index (κ3) is 3.77. The number of aliphatic hydroxyl groups is 1. The highest BCUT2D eigenvalue weighted by molar-refractivity contribution is 6.51. The second-order valence-electron chi connectivity index (χ2n) is 7.26. The van der Waals surface area contributed by atoms with Crippen molar-refractivity contribution in [2.75, 3.05) is 12.0 Å². The normalized spacial score (nSPS) is 17.1. The smallest absolute Gasteiger partial charge is 0.300 e. The Hall–Kier alpha value is -4.64. The van der Waals surface area contributed by atoms with Crippen molar-refractivity contribution in [1.29, 1.82) is 5.26 Å². The van der Waals surface area contributed by atoms with Crippen LogP contribution in [0.1, 0.15) is 22.7 Å². The van der Waals surface area contributed by atoms with E-state index < -0.39 is 29.3 Å². The van der Waals surface area contributed by atoms with E-state index >= 15 is 0 Å². The van der Waals surface area contributed by atoms with Crippen molar-refractivity contribution < 1.29 is 28.9 Å². The molecule has 1 heterocycles. The van der Waals surface area contributed by atoms with Gasteiger partial charge in [0.2, 0.25) is 0 Å². The van der Waals surface area contributed by atoms with Crippen LogP contribution in [0, 0.1) is 17.1 Å². The van der Waals surface area contributed by atoms with Crippen LogP contribution in [0.25, 0.3) is 5.76 Å². The van der Waals surface area contributed by atoms with E-state index in [9.17, 15) is 24.2 Å². The molecule has 164 valence electrons. The number of aromatic hydroxyl groups is 1. The average Bonchev–Trinajstić information content (AvgIpc) is 3.09. The van der Waals surface area contributed by atoms with Crippen LogP contribution in [0.2, 0.25) is 0 Å². The quantitative estimate of drug-likeness (QED) is 0.357. The summed E-state index contributed by atoms with van der Waals surface area (Å²) in [6.07, 6.45) is 0.